The molecule has 1 aromatic carbocycles. The number of Topliss-reactive ketones (excluding diaryl/α,β-unsaturated/α-hetero) is 1. The topological polar surface area (TPSA) is 82.4 Å². The van der Waals surface area contributed by atoms with Crippen LogP contribution in [0.4, 0.5) is 0 Å². The molecule has 0 amide bonds. The first-order chi connectivity index (χ1) is 15.9. The highest BCUT2D eigenvalue weighted by molar-refractivity contribution is 5.80. The summed E-state index contributed by atoms with van der Waals surface area (Å²) in [6, 6.07) is 5.22. The van der Waals surface area contributed by atoms with Crippen molar-refractivity contribution in [2.24, 2.45) is 10.4 Å². The molecular weight excluding hydrogens is 416 g/mol. The number of aliphatic imine (C=N–C) groups is 1. The number of phenols is 1. The van der Waals surface area contributed by atoms with Crippen molar-refractivity contribution in [3.05, 3.63) is 47.3 Å². The lowest BCUT2D eigenvalue weighted by molar-refractivity contribution is -0.121. The predicted molar refractivity (Wildman–Crippen MR) is 129 cm³/mol. The summed E-state index contributed by atoms with van der Waals surface area (Å²) in [4.78, 5) is 18.7. The van der Waals surface area contributed by atoms with Gasteiger partial charge in [-0.3, -0.25) is 9.79 Å². The molecule has 1 fully saturated rings. The summed E-state index contributed by atoms with van der Waals surface area (Å²) in [5.41, 5.74) is 3.51. The number of ether oxygens (including phenoxy) is 1. The Morgan fingerprint density at radius 1 is 1.30 bits per heavy atom. The third kappa shape index (κ3) is 6.47. The first-order valence-electron chi connectivity index (χ1n) is 12.2. The second-order valence-corrected chi connectivity index (χ2v) is 10.1. The van der Waals surface area contributed by atoms with Crippen molar-refractivity contribution in [1.82, 2.24) is 4.90 Å². The molecule has 4 rings (SSSR count). The highest BCUT2D eigenvalue weighted by atomic mass is 16.5. The summed E-state index contributed by atoms with van der Waals surface area (Å²) in [5, 5.41) is 20.4. The number of phenolic OH excluding ortho intramolecular Hbond substituents is 1. The number of rotatable bonds is 12. The fraction of sp³-hybridized carbons (Fsp3) is 0.556. The van der Waals surface area contributed by atoms with Crippen molar-refractivity contribution < 1.29 is 19.7 Å². The Morgan fingerprint density at radius 3 is 2.91 bits per heavy atom. The first-order valence-corrected chi connectivity index (χ1v) is 12.2. The molecule has 2 heterocycles. The van der Waals surface area contributed by atoms with Crippen LogP contribution in [0.5, 0.6) is 11.5 Å². The molecule has 2 N–H and O–H groups in total. The van der Waals surface area contributed by atoms with E-state index in [0.717, 1.165) is 30.6 Å². The van der Waals surface area contributed by atoms with Crippen LogP contribution >= 0.6 is 0 Å². The molecule has 1 atom stereocenters. The van der Waals surface area contributed by atoms with Gasteiger partial charge in [-0.2, -0.15) is 0 Å². The summed E-state index contributed by atoms with van der Waals surface area (Å²) in [5.74, 6) is 0.572. The van der Waals surface area contributed by atoms with E-state index in [-0.39, 0.29) is 18.0 Å². The van der Waals surface area contributed by atoms with Crippen molar-refractivity contribution in [1.29, 1.82) is 0 Å². The van der Waals surface area contributed by atoms with E-state index in [1.54, 1.807) is 18.3 Å². The number of nitrogens with zero attached hydrogens (tertiary/aromatic N) is 2. The van der Waals surface area contributed by atoms with Gasteiger partial charge in [-0.15, -0.1) is 0 Å². The van der Waals surface area contributed by atoms with Gasteiger partial charge >= 0.3 is 0 Å². The van der Waals surface area contributed by atoms with Crippen LogP contribution < -0.4 is 4.74 Å². The number of hydrogen-bond acceptors (Lipinski definition) is 6. The van der Waals surface area contributed by atoms with Crippen LogP contribution in [-0.2, 0) is 11.2 Å². The fourth-order valence-corrected chi connectivity index (χ4v) is 5.12. The van der Waals surface area contributed by atoms with Gasteiger partial charge in [0.05, 0.1) is 11.8 Å². The molecule has 2 aliphatic heterocycles. The van der Waals surface area contributed by atoms with Crippen molar-refractivity contribution in [2.75, 3.05) is 13.3 Å². The van der Waals surface area contributed by atoms with Gasteiger partial charge < -0.3 is 19.8 Å². The van der Waals surface area contributed by atoms with Crippen LogP contribution in [0.3, 0.4) is 0 Å². The van der Waals surface area contributed by atoms with Gasteiger partial charge in [0.2, 0.25) is 0 Å². The molecule has 1 unspecified atom stereocenters. The van der Waals surface area contributed by atoms with E-state index in [1.165, 1.54) is 31.3 Å². The minimum atomic E-state index is -0.547. The lowest BCUT2D eigenvalue weighted by Gasteiger charge is -2.23. The first kappa shape index (κ1) is 23.6. The molecule has 1 saturated carbocycles. The zero-order valence-corrected chi connectivity index (χ0v) is 19.6. The zero-order chi connectivity index (χ0) is 23.3. The highest BCUT2D eigenvalue weighted by Gasteiger charge is 2.28. The Balaban J connectivity index is 1.18. The van der Waals surface area contributed by atoms with E-state index in [1.807, 2.05) is 23.2 Å². The van der Waals surface area contributed by atoms with E-state index in [4.69, 9.17) is 4.74 Å². The fourth-order valence-electron chi connectivity index (χ4n) is 5.12. The van der Waals surface area contributed by atoms with E-state index >= 15 is 0 Å². The van der Waals surface area contributed by atoms with E-state index in [2.05, 4.69) is 11.9 Å². The molecule has 0 saturated heterocycles. The molecular formula is C27H36N2O4. The quantitative estimate of drug-likeness (QED) is 0.471. The van der Waals surface area contributed by atoms with Crippen molar-refractivity contribution in [3.63, 3.8) is 0 Å². The zero-order valence-electron chi connectivity index (χ0n) is 19.6. The van der Waals surface area contributed by atoms with E-state index in [0.29, 0.717) is 37.2 Å². The SMILES string of the molecule is CC1(CCCC(O)CC(=O)CCc2ccc(O)c(OCN3C=C4N=CC=C4C3)c2)CCCC1. The van der Waals surface area contributed by atoms with Crippen molar-refractivity contribution >= 4 is 12.0 Å². The standard InChI is InChI=1S/C27H36N2O4/c1-27(11-2-3-12-27)13-4-5-22(30)16-23(31)8-6-20-7-9-25(32)26(15-20)33-19-29-17-21-10-14-28-24(21)18-29/h7,9-10,14-15,18,22,30,32H,2-6,8,11-13,16-17,19H2,1H3. The van der Waals surface area contributed by atoms with Crippen LogP contribution in [-0.4, -0.2) is 46.5 Å². The van der Waals surface area contributed by atoms with Gasteiger partial charge in [0.1, 0.15) is 5.78 Å². The lowest BCUT2D eigenvalue weighted by Crippen LogP contribution is -2.21. The molecule has 1 aromatic rings. The largest absolute Gasteiger partial charge is 0.504 e. The maximum Gasteiger partial charge on any atom is 0.163 e. The van der Waals surface area contributed by atoms with Gasteiger partial charge in [0.25, 0.3) is 0 Å². The Kier molecular flexibility index (Phi) is 7.53. The molecule has 0 aromatic heterocycles. The Morgan fingerprint density at radius 2 is 2.12 bits per heavy atom. The summed E-state index contributed by atoms with van der Waals surface area (Å²) in [7, 11) is 0. The third-order valence-electron chi connectivity index (χ3n) is 7.19. The normalized spacial score (nSPS) is 19.4. The number of aliphatic hydroxyl groups excluding tert-OH is 1. The van der Waals surface area contributed by atoms with E-state index in [9.17, 15) is 15.0 Å². The average molecular weight is 453 g/mol. The van der Waals surface area contributed by atoms with Crippen molar-refractivity contribution in [2.45, 2.75) is 77.2 Å². The number of allylic oxidation sites excluding steroid dienone is 1. The summed E-state index contributed by atoms with van der Waals surface area (Å²) >= 11 is 0. The number of carbonyl (C=O) groups is 1. The van der Waals surface area contributed by atoms with Crippen molar-refractivity contribution in [3.8, 4) is 11.5 Å². The average Bonchev–Trinajstić information content (AvgIpc) is 3.49. The van der Waals surface area contributed by atoms with Crippen LogP contribution in [0.1, 0.15) is 70.3 Å². The van der Waals surface area contributed by atoms with Gasteiger partial charge in [-0.25, -0.2) is 0 Å². The number of aryl methyl sites for hydroxylation is 1. The van der Waals surface area contributed by atoms with Gasteiger partial charge in [-0.05, 0) is 61.3 Å². The summed E-state index contributed by atoms with van der Waals surface area (Å²) < 4.78 is 5.82. The molecule has 6 nitrogen and oxygen atoms in total. The molecule has 33 heavy (non-hydrogen) atoms. The van der Waals surface area contributed by atoms with E-state index < -0.39 is 6.10 Å². The lowest BCUT2D eigenvalue weighted by atomic mass is 9.83. The number of aromatic hydroxyl groups is 1. The number of fused-ring (bicyclic) bond motifs is 1. The third-order valence-corrected chi connectivity index (χ3v) is 7.19. The number of hydrogen-bond donors (Lipinski definition) is 2. The molecule has 6 heteroatoms. The van der Waals surface area contributed by atoms with Crippen LogP contribution in [0.25, 0.3) is 0 Å². The number of benzene rings is 1. The molecule has 0 bridgehead atoms. The predicted octanol–water partition coefficient (Wildman–Crippen LogP) is 4.90. The monoisotopic (exact) mass is 452 g/mol. The molecule has 178 valence electrons. The second kappa shape index (κ2) is 10.6. The second-order valence-electron chi connectivity index (χ2n) is 10.1. The Hall–Kier alpha value is -2.60. The maximum absolute atomic E-state index is 12.4. The number of ketones is 1. The summed E-state index contributed by atoms with van der Waals surface area (Å²) in [6.45, 7) is 3.41. The Bertz CT molecular complexity index is 943. The highest BCUT2D eigenvalue weighted by Crippen LogP contribution is 2.41. The molecule has 1 aliphatic carbocycles. The van der Waals surface area contributed by atoms with Gasteiger partial charge in [0.15, 0.2) is 18.2 Å². The molecule has 0 radical (unpaired) electrons. The maximum atomic E-state index is 12.4. The smallest absolute Gasteiger partial charge is 0.163 e. The summed E-state index contributed by atoms with van der Waals surface area (Å²) in [6.07, 6.45) is 14.4. The number of carbonyl (C=O) groups excluding carboxylic acids is 1. The molecule has 0 spiro atoms. The van der Waals surface area contributed by atoms with Crippen LogP contribution in [0.15, 0.2) is 46.7 Å². The van der Waals surface area contributed by atoms with Crippen LogP contribution in [0.2, 0.25) is 0 Å². The van der Waals surface area contributed by atoms with Gasteiger partial charge in [0, 0.05) is 37.4 Å². The minimum absolute atomic E-state index is 0.0779. The number of aliphatic hydroxyl groups is 1. The Labute approximate surface area is 196 Å². The molecule has 3 aliphatic rings. The minimum Gasteiger partial charge on any atom is -0.504 e. The van der Waals surface area contributed by atoms with Gasteiger partial charge in [-0.1, -0.05) is 32.3 Å². The van der Waals surface area contributed by atoms with Crippen LogP contribution in [0, 0.1) is 5.41 Å².